The summed E-state index contributed by atoms with van der Waals surface area (Å²) in [5.41, 5.74) is 1.31. The number of nitro groups is 1. The SMILES string of the molecule is COc1cccc(C(=O)[C@@H]2[C@@H](C(=O)c3cccc([N+](=O)[O-])c3)[C@]3(C(=O)Nc4ccccc43)[C@H]3C=Cc4ccccc4N23)c1. The standard InChI is InChI=1S/C34H25N3O6/c1-43-24-12-7-10-22(19-24)32(39)30-29(31(38)21-9-6-11-23(18-21)37(41)42)34(25-13-3-4-14-26(25)35-33(34)40)28-17-16-20-8-2-5-15-27(20)36(28)30/h2-19,28-30H,1H3,(H,35,40)/t28-,29+,30+,34-/m1/s1. The summed E-state index contributed by atoms with van der Waals surface area (Å²) in [6.45, 7) is 0. The number of ketones is 2. The lowest BCUT2D eigenvalue weighted by molar-refractivity contribution is -0.384. The molecule has 0 aliphatic carbocycles. The maximum atomic E-state index is 14.8. The van der Waals surface area contributed by atoms with Gasteiger partial charge in [-0.2, -0.15) is 0 Å². The number of methoxy groups -OCH3 is 1. The topological polar surface area (TPSA) is 119 Å². The fraction of sp³-hybridized carbons (Fsp3) is 0.147. The lowest BCUT2D eigenvalue weighted by Crippen LogP contribution is -2.51. The van der Waals surface area contributed by atoms with E-state index in [0.29, 0.717) is 28.3 Å². The van der Waals surface area contributed by atoms with Crippen LogP contribution in [-0.4, -0.2) is 41.6 Å². The van der Waals surface area contributed by atoms with Crippen molar-refractivity contribution in [1.82, 2.24) is 0 Å². The van der Waals surface area contributed by atoms with Crippen molar-refractivity contribution < 1.29 is 24.0 Å². The van der Waals surface area contributed by atoms with Crippen LogP contribution in [0.5, 0.6) is 5.75 Å². The molecule has 0 bridgehead atoms. The van der Waals surface area contributed by atoms with Crippen molar-refractivity contribution in [2.24, 2.45) is 5.92 Å². The van der Waals surface area contributed by atoms with Crippen LogP contribution in [0.2, 0.25) is 0 Å². The Morgan fingerprint density at radius 3 is 2.42 bits per heavy atom. The van der Waals surface area contributed by atoms with Crippen LogP contribution in [0, 0.1) is 16.0 Å². The van der Waals surface area contributed by atoms with Crippen LogP contribution in [0.1, 0.15) is 31.8 Å². The summed E-state index contributed by atoms with van der Waals surface area (Å²) >= 11 is 0. The van der Waals surface area contributed by atoms with Gasteiger partial charge in [0, 0.05) is 34.6 Å². The number of amides is 1. The summed E-state index contributed by atoms with van der Waals surface area (Å²) in [7, 11) is 1.50. The van der Waals surface area contributed by atoms with Crippen LogP contribution in [0.3, 0.4) is 0 Å². The van der Waals surface area contributed by atoms with Crippen LogP contribution >= 0.6 is 0 Å². The van der Waals surface area contributed by atoms with Gasteiger partial charge in [-0.1, -0.05) is 72.8 Å². The van der Waals surface area contributed by atoms with Crippen LogP contribution in [-0.2, 0) is 10.2 Å². The van der Waals surface area contributed by atoms with E-state index in [1.54, 1.807) is 42.5 Å². The van der Waals surface area contributed by atoms with Crippen molar-refractivity contribution in [3.63, 3.8) is 0 Å². The minimum atomic E-state index is -1.51. The number of hydrogen-bond donors (Lipinski definition) is 1. The molecule has 9 nitrogen and oxygen atoms in total. The molecule has 1 amide bonds. The van der Waals surface area contributed by atoms with Gasteiger partial charge in [0.15, 0.2) is 11.6 Å². The molecule has 3 aliphatic rings. The highest BCUT2D eigenvalue weighted by Crippen LogP contribution is 2.58. The van der Waals surface area contributed by atoms with Crippen molar-refractivity contribution >= 4 is 40.6 Å². The normalized spacial score (nSPS) is 22.9. The first-order valence-corrected chi connectivity index (χ1v) is 13.8. The number of anilines is 2. The van der Waals surface area contributed by atoms with Gasteiger partial charge in [-0.3, -0.25) is 24.5 Å². The number of ether oxygens (including phenoxy) is 1. The number of Topliss-reactive ketones (excluding diaryl/α,β-unsaturated/α-hetero) is 2. The third-order valence-corrected chi connectivity index (χ3v) is 8.79. The van der Waals surface area contributed by atoms with E-state index in [2.05, 4.69) is 5.32 Å². The van der Waals surface area contributed by atoms with E-state index in [4.69, 9.17) is 4.74 Å². The lowest BCUT2D eigenvalue weighted by Gasteiger charge is -2.37. The molecule has 9 heteroatoms. The first kappa shape index (κ1) is 26.3. The zero-order valence-electron chi connectivity index (χ0n) is 23.0. The van der Waals surface area contributed by atoms with Gasteiger partial charge in [-0.15, -0.1) is 0 Å². The lowest BCUT2D eigenvalue weighted by atomic mass is 9.64. The Hall–Kier alpha value is -5.57. The molecular weight excluding hydrogens is 546 g/mol. The molecule has 0 saturated carbocycles. The smallest absolute Gasteiger partial charge is 0.270 e. The van der Waals surface area contributed by atoms with E-state index in [-0.39, 0.29) is 17.0 Å². The fourth-order valence-electron chi connectivity index (χ4n) is 7.02. The van der Waals surface area contributed by atoms with Gasteiger partial charge < -0.3 is 15.0 Å². The van der Waals surface area contributed by atoms with Crippen LogP contribution in [0.15, 0.2) is 103 Å². The number of nitro benzene ring substituents is 1. The highest BCUT2D eigenvalue weighted by atomic mass is 16.6. The Kier molecular flexibility index (Phi) is 5.98. The van der Waals surface area contributed by atoms with Gasteiger partial charge in [0.25, 0.3) is 5.69 Å². The number of non-ortho nitro benzene ring substituents is 1. The second kappa shape index (κ2) is 9.77. The van der Waals surface area contributed by atoms with E-state index in [1.165, 1.54) is 31.4 Å². The summed E-state index contributed by atoms with van der Waals surface area (Å²) in [5, 5.41) is 14.6. The number of nitrogens with one attached hydrogen (secondary N) is 1. The molecule has 4 aromatic rings. The molecule has 0 radical (unpaired) electrons. The van der Waals surface area contributed by atoms with Gasteiger partial charge >= 0.3 is 0 Å². The van der Waals surface area contributed by atoms with Crippen molar-refractivity contribution in [2.75, 3.05) is 17.3 Å². The number of para-hydroxylation sites is 2. The maximum absolute atomic E-state index is 14.8. The monoisotopic (exact) mass is 571 g/mol. The molecular formula is C34H25N3O6. The van der Waals surface area contributed by atoms with Crippen molar-refractivity contribution in [2.45, 2.75) is 17.5 Å². The Morgan fingerprint density at radius 2 is 1.63 bits per heavy atom. The van der Waals surface area contributed by atoms with Crippen molar-refractivity contribution in [3.8, 4) is 5.75 Å². The summed E-state index contributed by atoms with van der Waals surface area (Å²) in [6.07, 6.45) is 3.80. The van der Waals surface area contributed by atoms with Gasteiger partial charge in [0.05, 0.1) is 24.0 Å². The van der Waals surface area contributed by atoms with E-state index in [0.717, 1.165) is 5.56 Å². The summed E-state index contributed by atoms with van der Waals surface area (Å²) in [4.78, 5) is 57.0. The zero-order chi connectivity index (χ0) is 29.9. The highest BCUT2D eigenvalue weighted by Gasteiger charge is 2.70. The van der Waals surface area contributed by atoms with Gasteiger partial charge in [-0.05, 0) is 35.4 Å². The Labute approximate surface area is 246 Å². The molecule has 1 fully saturated rings. The molecule has 212 valence electrons. The van der Waals surface area contributed by atoms with E-state index in [1.807, 2.05) is 47.4 Å². The fourth-order valence-corrected chi connectivity index (χ4v) is 7.02. The maximum Gasteiger partial charge on any atom is 0.270 e. The molecule has 1 spiro atoms. The number of nitrogens with zero attached hydrogens (tertiary/aromatic N) is 2. The van der Waals surface area contributed by atoms with Crippen molar-refractivity contribution in [1.29, 1.82) is 0 Å². The molecule has 0 aromatic heterocycles. The zero-order valence-corrected chi connectivity index (χ0v) is 23.0. The average Bonchev–Trinajstić information content (AvgIpc) is 3.52. The number of rotatable bonds is 6. The largest absolute Gasteiger partial charge is 0.497 e. The Morgan fingerprint density at radius 1 is 0.907 bits per heavy atom. The molecule has 4 aromatic carbocycles. The second-order valence-corrected chi connectivity index (χ2v) is 10.8. The molecule has 7 rings (SSSR count). The predicted molar refractivity (Wildman–Crippen MR) is 161 cm³/mol. The Balaban J connectivity index is 1.53. The number of hydrogen-bond acceptors (Lipinski definition) is 7. The molecule has 3 aliphatic heterocycles. The van der Waals surface area contributed by atoms with E-state index < -0.39 is 40.0 Å². The van der Waals surface area contributed by atoms with E-state index in [9.17, 15) is 24.5 Å². The minimum Gasteiger partial charge on any atom is -0.497 e. The number of fused-ring (bicyclic) bond motifs is 6. The average molecular weight is 572 g/mol. The molecule has 3 heterocycles. The highest BCUT2D eigenvalue weighted by molar-refractivity contribution is 6.18. The van der Waals surface area contributed by atoms with Crippen LogP contribution < -0.4 is 15.0 Å². The molecule has 1 N–H and O–H groups in total. The molecule has 1 saturated heterocycles. The summed E-state index contributed by atoms with van der Waals surface area (Å²) in [5.74, 6) is -2.07. The third kappa shape index (κ3) is 3.74. The van der Waals surface area contributed by atoms with Gasteiger partial charge in [0.2, 0.25) is 5.91 Å². The van der Waals surface area contributed by atoms with Gasteiger partial charge in [0.1, 0.15) is 17.2 Å². The van der Waals surface area contributed by atoms with Crippen molar-refractivity contribution in [3.05, 3.63) is 136 Å². The summed E-state index contributed by atoms with van der Waals surface area (Å²) in [6, 6.07) is 25.0. The molecule has 4 atom stereocenters. The Bertz CT molecular complexity index is 1880. The quantitative estimate of drug-likeness (QED) is 0.185. The van der Waals surface area contributed by atoms with E-state index >= 15 is 0 Å². The number of carbonyl (C=O) groups excluding carboxylic acids is 3. The first-order valence-electron chi connectivity index (χ1n) is 13.8. The molecule has 43 heavy (non-hydrogen) atoms. The second-order valence-electron chi connectivity index (χ2n) is 10.8. The number of benzene rings is 4. The minimum absolute atomic E-state index is 0.0521. The number of carbonyl (C=O) groups is 3. The van der Waals surface area contributed by atoms with Crippen LogP contribution in [0.4, 0.5) is 17.1 Å². The third-order valence-electron chi connectivity index (χ3n) is 8.79. The van der Waals surface area contributed by atoms with Gasteiger partial charge in [-0.25, -0.2) is 0 Å². The molecule has 0 unspecified atom stereocenters. The van der Waals surface area contributed by atoms with Crippen LogP contribution in [0.25, 0.3) is 6.08 Å². The first-order chi connectivity index (χ1) is 20.9. The predicted octanol–water partition coefficient (Wildman–Crippen LogP) is 5.46. The summed E-state index contributed by atoms with van der Waals surface area (Å²) < 4.78 is 5.39.